The van der Waals surface area contributed by atoms with Gasteiger partial charge in [-0.1, -0.05) is 0 Å². The van der Waals surface area contributed by atoms with Crippen LogP contribution in [0.2, 0.25) is 0 Å². The van der Waals surface area contributed by atoms with Gasteiger partial charge in [0.1, 0.15) is 11.9 Å². The number of ether oxygens (including phenoxy) is 2. The fourth-order valence-corrected chi connectivity index (χ4v) is 3.77. The monoisotopic (exact) mass is 440 g/mol. The number of hydrogen-bond acceptors (Lipinski definition) is 8. The molecule has 32 heavy (non-hydrogen) atoms. The maximum absolute atomic E-state index is 12.8. The van der Waals surface area contributed by atoms with E-state index in [0.717, 1.165) is 11.4 Å². The van der Waals surface area contributed by atoms with Crippen LogP contribution >= 0.6 is 0 Å². The van der Waals surface area contributed by atoms with E-state index in [2.05, 4.69) is 20.3 Å². The highest BCUT2D eigenvalue weighted by molar-refractivity contribution is 5.98. The molecule has 2 aliphatic heterocycles. The Kier molecular flexibility index (Phi) is 5.86. The Balaban J connectivity index is 1.50. The summed E-state index contributed by atoms with van der Waals surface area (Å²) in [5.41, 5.74) is 1.13. The van der Waals surface area contributed by atoms with E-state index >= 15 is 0 Å². The summed E-state index contributed by atoms with van der Waals surface area (Å²) in [5, 5.41) is 3.20. The lowest BCUT2D eigenvalue weighted by Gasteiger charge is -2.40. The van der Waals surface area contributed by atoms with Crippen molar-refractivity contribution in [3.8, 4) is 5.75 Å². The summed E-state index contributed by atoms with van der Waals surface area (Å²) in [5.74, 6) is 1.19. The maximum Gasteiger partial charge on any atom is 0.410 e. The lowest BCUT2D eigenvalue weighted by molar-refractivity contribution is -0.122. The minimum absolute atomic E-state index is 0.0898. The number of likely N-dealkylation sites (tertiary alicyclic amines) is 1. The first-order valence-corrected chi connectivity index (χ1v) is 10.7. The fraction of sp³-hybridized carbons (Fsp3) is 0.500. The number of piperidine rings is 1. The highest BCUT2D eigenvalue weighted by Gasteiger charge is 2.37. The molecule has 0 atom stereocenters. The van der Waals surface area contributed by atoms with Gasteiger partial charge in [0.15, 0.2) is 18.2 Å². The minimum Gasteiger partial charge on any atom is -0.476 e. The van der Waals surface area contributed by atoms with E-state index in [-0.39, 0.29) is 24.6 Å². The Bertz CT molecular complexity index is 996. The average Bonchev–Trinajstić information content (AvgIpc) is 2.74. The number of carbonyl (C=O) groups excluding carboxylic acids is 2. The van der Waals surface area contributed by atoms with Gasteiger partial charge in [-0.2, -0.15) is 0 Å². The van der Waals surface area contributed by atoms with E-state index in [1.165, 1.54) is 6.33 Å². The van der Waals surface area contributed by atoms with E-state index in [9.17, 15) is 9.59 Å². The van der Waals surface area contributed by atoms with E-state index in [1.807, 2.05) is 39.8 Å². The number of hydrogen-bond donors (Lipinski definition) is 1. The smallest absolute Gasteiger partial charge is 0.410 e. The van der Waals surface area contributed by atoms with Gasteiger partial charge in [-0.15, -0.1) is 0 Å². The van der Waals surface area contributed by atoms with E-state index < -0.39 is 5.60 Å². The molecule has 0 aromatic carbocycles. The van der Waals surface area contributed by atoms with Crippen molar-refractivity contribution in [3.05, 3.63) is 30.4 Å². The van der Waals surface area contributed by atoms with Crippen LogP contribution in [0.1, 0.15) is 39.3 Å². The zero-order valence-electron chi connectivity index (χ0n) is 18.8. The lowest BCUT2D eigenvalue weighted by Crippen LogP contribution is -2.52. The molecule has 4 heterocycles. The first kappa shape index (κ1) is 21.8. The SMILES string of the molecule is Cc1ccc(Nc2ncnc3c2OCC(=O)N3C2CCN(C(=O)OC(C)(C)C)CC2)cn1. The number of nitrogens with zero attached hydrogens (tertiary/aromatic N) is 5. The molecular weight excluding hydrogens is 412 g/mol. The van der Waals surface area contributed by atoms with Crippen LogP contribution < -0.4 is 15.0 Å². The predicted octanol–water partition coefficient (Wildman–Crippen LogP) is 3.05. The summed E-state index contributed by atoms with van der Waals surface area (Å²) < 4.78 is 11.2. The number of anilines is 3. The third-order valence-electron chi connectivity index (χ3n) is 5.28. The van der Waals surface area contributed by atoms with Crippen molar-refractivity contribution >= 4 is 29.3 Å². The van der Waals surface area contributed by atoms with E-state index in [0.29, 0.717) is 43.3 Å². The number of rotatable bonds is 3. The average molecular weight is 441 g/mol. The van der Waals surface area contributed by atoms with E-state index in [1.54, 1.807) is 16.0 Å². The first-order chi connectivity index (χ1) is 15.2. The molecule has 2 aliphatic rings. The molecule has 0 spiro atoms. The minimum atomic E-state index is -0.541. The quantitative estimate of drug-likeness (QED) is 0.776. The zero-order chi connectivity index (χ0) is 22.9. The molecule has 2 amide bonds. The largest absolute Gasteiger partial charge is 0.476 e. The number of amides is 2. The second-order valence-corrected chi connectivity index (χ2v) is 8.94. The molecule has 1 fully saturated rings. The van der Waals surface area contributed by atoms with Crippen LogP contribution in [-0.2, 0) is 9.53 Å². The fourth-order valence-electron chi connectivity index (χ4n) is 3.77. The molecule has 0 radical (unpaired) electrons. The lowest BCUT2D eigenvalue weighted by atomic mass is 10.0. The van der Waals surface area contributed by atoms with Crippen molar-refractivity contribution in [1.29, 1.82) is 0 Å². The number of fused-ring (bicyclic) bond motifs is 1. The third kappa shape index (κ3) is 4.74. The second-order valence-electron chi connectivity index (χ2n) is 8.94. The number of pyridine rings is 1. The zero-order valence-corrected chi connectivity index (χ0v) is 18.8. The third-order valence-corrected chi connectivity index (χ3v) is 5.28. The van der Waals surface area contributed by atoms with Gasteiger partial charge >= 0.3 is 6.09 Å². The summed E-state index contributed by atoms with van der Waals surface area (Å²) >= 11 is 0. The standard InChI is InChI=1S/C22H28N6O4/c1-14-5-6-15(11-23-14)26-19-18-20(25-13-24-19)28(17(29)12-31-18)16-7-9-27(10-8-16)21(30)32-22(2,3)4/h5-6,11,13,16H,7-10,12H2,1-4H3,(H,24,25,26). The summed E-state index contributed by atoms with van der Waals surface area (Å²) in [6.07, 6.45) is 4.04. The molecular formula is C22H28N6O4. The molecule has 4 rings (SSSR count). The van der Waals surface area contributed by atoms with Crippen molar-refractivity contribution in [1.82, 2.24) is 19.9 Å². The van der Waals surface area contributed by atoms with Gasteiger partial charge in [-0.05, 0) is 52.7 Å². The Morgan fingerprint density at radius 1 is 1.19 bits per heavy atom. The molecule has 1 saturated heterocycles. The van der Waals surface area contributed by atoms with Gasteiger partial charge in [0.25, 0.3) is 5.91 Å². The number of nitrogens with one attached hydrogen (secondary N) is 1. The molecule has 170 valence electrons. The molecule has 0 unspecified atom stereocenters. The topological polar surface area (TPSA) is 110 Å². The molecule has 10 nitrogen and oxygen atoms in total. The maximum atomic E-state index is 12.8. The Hall–Kier alpha value is -3.43. The second kappa shape index (κ2) is 8.60. The summed E-state index contributed by atoms with van der Waals surface area (Å²) in [6.45, 7) is 8.37. The van der Waals surface area contributed by atoms with Gasteiger partial charge in [0.05, 0.1) is 11.9 Å². The van der Waals surface area contributed by atoms with Crippen LogP contribution in [-0.4, -0.2) is 63.2 Å². The number of aryl methyl sites for hydroxylation is 1. The summed E-state index contributed by atoms with van der Waals surface area (Å²) in [7, 11) is 0. The normalized spacial score (nSPS) is 16.9. The highest BCUT2D eigenvalue weighted by atomic mass is 16.6. The van der Waals surface area contributed by atoms with Crippen LogP contribution in [0.3, 0.4) is 0 Å². The number of carbonyl (C=O) groups is 2. The van der Waals surface area contributed by atoms with Gasteiger partial charge < -0.3 is 19.7 Å². The molecule has 1 N–H and O–H groups in total. The molecule has 0 aliphatic carbocycles. The van der Waals surface area contributed by atoms with Gasteiger partial charge in [-0.25, -0.2) is 14.8 Å². The Labute approximate surface area is 186 Å². The Morgan fingerprint density at radius 2 is 1.94 bits per heavy atom. The van der Waals surface area contributed by atoms with Crippen LogP contribution in [0.25, 0.3) is 0 Å². The first-order valence-electron chi connectivity index (χ1n) is 10.7. The number of aromatic nitrogens is 3. The van der Waals surface area contributed by atoms with Crippen molar-refractivity contribution in [2.75, 3.05) is 29.9 Å². The van der Waals surface area contributed by atoms with Crippen molar-refractivity contribution in [2.45, 2.75) is 52.2 Å². The van der Waals surface area contributed by atoms with Gasteiger partial charge in [0, 0.05) is 24.8 Å². The molecule has 0 bridgehead atoms. The van der Waals surface area contributed by atoms with E-state index in [4.69, 9.17) is 9.47 Å². The molecule has 10 heteroatoms. The van der Waals surface area contributed by atoms with Crippen molar-refractivity contribution in [3.63, 3.8) is 0 Å². The van der Waals surface area contributed by atoms with Crippen LogP contribution in [0.15, 0.2) is 24.7 Å². The molecule has 0 saturated carbocycles. The van der Waals surface area contributed by atoms with Gasteiger partial charge in [-0.3, -0.25) is 14.7 Å². The predicted molar refractivity (Wildman–Crippen MR) is 118 cm³/mol. The highest BCUT2D eigenvalue weighted by Crippen LogP contribution is 2.39. The molecule has 2 aromatic heterocycles. The van der Waals surface area contributed by atoms with Crippen LogP contribution in [0.4, 0.5) is 22.1 Å². The van der Waals surface area contributed by atoms with Crippen molar-refractivity contribution in [2.24, 2.45) is 0 Å². The van der Waals surface area contributed by atoms with Crippen LogP contribution in [0, 0.1) is 6.92 Å². The summed E-state index contributed by atoms with van der Waals surface area (Å²) in [4.78, 5) is 41.4. The van der Waals surface area contributed by atoms with Crippen LogP contribution in [0.5, 0.6) is 5.75 Å². The van der Waals surface area contributed by atoms with Crippen molar-refractivity contribution < 1.29 is 19.1 Å². The van der Waals surface area contributed by atoms with Gasteiger partial charge in [0.2, 0.25) is 5.75 Å². The molecule has 2 aromatic rings. The summed E-state index contributed by atoms with van der Waals surface area (Å²) in [6, 6.07) is 3.70. The Morgan fingerprint density at radius 3 is 2.59 bits per heavy atom.